The second kappa shape index (κ2) is 10.0. The van der Waals surface area contributed by atoms with Crippen LogP contribution in [0.15, 0.2) is 30.3 Å². The second-order valence-electron chi connectivity index (χ2n) is 7.80. The molecule has 0 saturated heterocycles. The standard InChI is InChI=1S/C20H26N6O4S/c1-20(2,3)16-15(31-19(25-16)26-18(21)22)17(30)23-10-13(27)24-12(9-14(28)29)11-7-5-4-6-8-11/h4-8,12H,9-10H2,1-3H3,(H,23,30)(H,24,27)(H,28,29)(H4,21,22,25,26). The van der Waals surface area contributed by atoms with Crippen LogP contribution in [0.1, 0.15) is 54.2 Å². The predicted molar refractivity (Wildman–Crippen MR) is 118 cm³/mol. The number of hydrogen-bond donors (Lipinski definition) is 6. The fourth-order valence-electron chi connectivity index (χ4n) is 2.75. The lowest BCUT2D eigenvalue weighted by atomic mass is 9.91. The number of nitrogens with one attached hydrogen (secondary N) is 4. The Morgan fingerprint density at radius 1 is 1.23 bits per heavy atom. The SMILES string of the molecule is CC(C)(C)c1nc(NC(=N)N)sc1C(=O)NCC(=O)NC(CC(=O)O)c1ccccc1. The predicted octanol–water partition coefficient (Wildman–Crippen LogP) is 1.81. The Balaban J connectivity index is 2.09. The number of amides is 2. The van der Waals surface area contributed by atoms with Gasteiger partial charge in [0.25, 0.3) is 5.91 Å². The Morgan fingerprint density at radius 3 is 2.42 bits per heavy atom. The van der Waals surface area contributed by atoms with Crippen LogP contribution in [-0.2, 0) is 15.0 Å². The lowest BCUT2D eigenvalue weighted by Crippen LogP contribution is -2.39. The zero-order chi connectivity index (χ0) is 23.2. The number of nitrogens with zero attached hydrogens (tertiary/aromatic N) is 1. The van der Waals surface area contributed by atoms with Gasteiger partial charge in [0.2, 0.25) is 5.91 Å². The van der Waals surface area contributed by atoms with Crippen LogP contribution in [0, 0.1) is 5.41 Å². The minimum absolute atomic E-state index is 0.285. The fraction of sp³-hybridized carbons (Fsp3) is 0.350. The molecule has 166 valence electrons. The van der Waals surface area contributed by atoms with Crippen molar-refractivity contribution in [2.24, 2.45) is 5.73 Å². The summed E-state index contributed by atoms with van der Waals surface area (Å²) in [5.41, 5.74) is 6.04. The zero-order valence-electron chi connectivity index (χ0n) is 17.5. The van der Waals surface area contributed by atoms with Gasteiger partial charge >= 0.3 is 5.97 Å². The number of hydrogen-bond acceptors (Lipinski definition) is 6. The number of carbonyl (C=O) groups is 3. The molecule has 31 heavy (non-hydrogen) atoms. The van der Waals surface area contributed by atoms with Gasteiger partial charge in [0.15, 0.2) is 11.1 Å². The molecular formula is C20H26N6O4S. The highest BCUT2D eigenvalue weighted by Gasteiger charge is 2.28. The lowest BCUT2D eigenvalue weighted by Gasteiger charge is -2.18. The molecular weight excluding hydrogens is 420 g/mol. The summed E-state index contributed by atoms with van der Waals surface area (Å²) in [7, 11) is 0. The molecule has 1 aromatic carbocycles. The number of carboxylic acid groups (broad SMARTS) is 1. The molecule has 1 aromatic heterocycles. The van der Waals surface area contributed by atoms with Gasteiger partial charge in [0.1, 0.15) is 4.88 Å². The van der Waals surface area contributed by atoms with Crippen molar-refractivity contribution in [3.63, 3.8) is 0 Å². The average molecular weight is 447 g/mol. The molecule has 0 bridgehead atoms. The molecule has 0 saturated carbocycles. The van der Waals surface area contributed by atoms with E-state index in [1.54, 1.807) is 30.3 Å². The molecule has 2 aromatic rings. The third kappa shape index (κ3) is 7.07. The van der Waals surface area contributed by atoms with E-state index in [1.807, 2.05) is 20.8 Å². The van der Waals surface area contributed by atoms with Gasteiger partial charge in [-0.2, -0.15) is 0 Å². The highest BCUT2D eigenvalue weighted by atomic mass is 32.1. The van der Waals surface area contributed by atoms with E-state index in [0.29, 0.717) is 21.3 Å². The van der Waals surface area contributed by atoms with Crippen LogP contribution in [0.5, 0.6) is 0 Å². The van der Waals surface area contributed by atoms with Gasteiger partial charge in [-0.05, 0) is 5.56 Å². The van der Waals surface area contributed by atoms with E-state index >= 15 is 0 Å². The van der Waals surface area contributed by atoms with E-state index in [1.165, 1.54) is 0 Å². The van der Waals surface area contributed by atoms with E-state index < -0.39 is 29.2 Å². The van der Waals surface area contributed by atoms with Crippen LogP contribution >= 0.6 is 11.3 Å². The molecule has 0 spiro atoms. The van der Waals surface area contributed by atoms with E-state index in [-0.39, 0.29) is 18.9 Å². The normalized spacial score (nSPS) is 12.0. The van der Waals surface area contributed by atoms with Crippen LogP contribution in [0.2, 0.25) is 0 Å². The molecule has 1 heterocycles. The Bertz CT molecular complexity index is 968. The molecule has 0 aliphatic rings. The Morgan fingerprint density at radius 2 is 1.87 bits per heavy atom. The molecule has 7 N–H and O–H groups in total. The number of aliphatic carboxylic acids is 1. The van der Waals surface area contributed by atoms with E-state index in [4.69, 9.17) is 16.2 Å². The topological polar surface area (TPSA) is 170 Å². The number of benzene rings is 1. The van der Waals surface area contributed by atoms with E-state index in [2.05, 4.69) is 20.9 Å². The first-order valence-electron chi connectivity index (χ1n) is 9.44. The Labute approximate surface area is 183 Å². The number of thiazole rings is 1. The fourth-order valence-corrected chi connectivity index (χ4v) is 3.85. The smallest absolute Gasteiger partial charge is 0.305 e. The minimum Gasteiger partial charge on any atom is -0.481 e. The summed E-state index contributed by atoms with van der Waals surface area (Å²) in [5, 5.41) is 24.5. The average Bonchev–Trinajstić information content (AvgIpc) is 3.09. The molecule has 0 fully saturated rings. The molecule has 0 aliphatic carbocycles. The number of nitrogens with two attached hydrogens (primary N) is 1. The molecule has 1 atom stereocenters. The molecule has 1 unspecified atom stereocenters. The molecule has 0 aliphatic heterocycles. The number of carbonyl (C=O) groups excluding carboxylic acids is 2. The van der Waals surface area contributed by atoms with Crippen molar-refractivity contribution in [3.8, 4) is 0 Å². The summed E-state index contributed by atoms with van der Waals surface area (Å²) in [5.74, 6) is -2.37. The van der Waals surface area contributed by atoms with Gasteiger partial charge in [-0.25, -0.2) is 4.98 Å². The summed E-state index contributed by atoms with van der Waals surface area (Å²) in [6.45, 7) is 5.33. The number of carboxylic acids is 1. The third-order valence-corrected chi connectivity index (χ3v) is 5.08. The zero-order valence-corrected chi connectivity index (χ0v) is 18.3. The first-order chi connectivity index (χ1) is 14.5. The Hall–Kier alpha value is -3.47. The Kier molecular flexibility index (Phi) is 7.70. The van der Waals surface area contributed by atoms with E-state index in [9.17, 15) is 14.4 Å². The number of rotatable bonds is 8. The molecule has 2 rings (SSSR count). The largest absolute Gasteiger partial charge is 0.481 e. The van der Waals surface area contributed by atoms with Gasteiger partial charge in [-0.1, -0.05) is 62.4 Å². The van der Waals surface area contributed by atoms with Crippen molar-refractivity contribution < 1.29 is 19.5 Å². The van der Waals surface area contributed by atoms with Crippen LogP contribution in [-0.4, -0.2) is 40.4 Å². The minimum atomic E-state index is -1.05. The van der Waals surface area contributed by atoms with Gasteiger partial charge in [-0.3, -0.25) is 19.8 Å². The van der Waals surface area contributed by atoms with Crippen LogP contribution in [0.25, 0.3) is 0 Å². The maximum atomic E-state index is 12.7. The third-order valence-electron chi connectivity index (χ3n) is 4.11. The van der Waals surface area contributed by atoms with Gasteiger partial charge < -0.3 is 26.8 Å². The van der Waals surface area contributed by atoms with Gasteiger partial charge in [-0.15, -0.1) is 0 Å². The van der Waals surface area contributed by atoms with Crippen molar-refractivity contribution >= 4 is 40.2 Å². The summed E-state index contributed by atoms with van der Waals surface area (Å²) < 4.78 is 0. The van der Waals surface area contributed by atoms with Crippen LogP contribution in [0.3, 0.4) is 0 Å². The first-order valence-corrected chi connectivity index (χ1v) is 10.3. The number of guanidine groups is 1. The molecule has 10 nitrogen and oxygen atoms in total. The van der Waals surface area contributed by atoms with E-state index in [0.717, 1.165) is 11.3 Å². The maximum absolute atomic E-state index is 12.7. The maximum Gasteiger partial charge on any atom is 0.305 e. The van der Waals surface area contributed by atoms with Crippen molar-refractivity contribution in [3.05, 3.63) is 46.5 Å². The summed E-state index contributed by atoms with van der Waals surface area (Å²) in [4.78, 5) is 40.9. The quantitative estimate of drug-likeness (QED) is 0.265. The van der Waals surface area contributed by atoms with Gasteiger partial charge in [0, 0.05) is 5.41 Å². The first kappa shape index (κ1) is 23.8. The van der Waals surface area contributed by atoms with Crippen LogP contribution in [0.4, 0.5) is 5.13 Å². The van der Waals surface area contributed by atoms with Crippen LogP contribution < -0.4 is 21.7 Å². The highest BCUT2D eigenvalue weighted by molar-refractivity contribution is 7.17. The summed E-state index contributed by atoms with van der Waals surface area (Å²) in [6.07, 6.45) is -0.285. The lowest BCUT2D eigenvalue weighted by molar-refractivity contribution is -0.137. The monoisotopic (exact) mass is 446 g/mol. The molecule has 2 amide bonds. The number of aromatic nitrogens is 1. The molecule has 0 radical (unpaired) electrons. The number of anilines is 1. The highest BCUT2D eigenvalue weighted by Crippen LogP contribution is 2.32. The van der Waals surface area contributed by atoms with Crippen molar-refractivity contribution in [1.82, 2.24) is 15.6 Å². The van der Waals surface area contributed by atoms with Crippen molar-refractivity contribution in [2.45, 2.75) is 38.6 Å². The molecule has 11 heteroatoms. The summed E-state index contributed by atoms with van der Waals surface area (Å²) in [6, 6.07) is 8.03. The second-order valence-corrected chi connectivity index (χ2v) is 8.80. The van der Waals surface area contributed by atoms with Gasteiger partial charge in [0.05, 0.1) is 24.7 Å². The summed E-state index contributed by atoms with van der Waals surface area (Å²) >= 11 is 1.03. The van der Waals surface area contributed by atoms with Crippen molar-refractivity contribution in [2.75, 3.05) is 11.9 Å². The van der Waals surface area contributed by atoms with Crippen molar-refractivity contribution in [1.29, 1.82) is 5.41 Å².